The van der Waals surface area contributed by atoms with Crippen molar-refractivity contribution in [2.75, 3.05) is 14.2 Å². The third-order valence-electron chi connectivity index (χ3n) is 8.81. The number of benzene rings is 3. The third-order valence-corrected chi connectivity index (χ3v) is 11.8. The number of allylic oxidation sites excluding steroid dienone is 9. The topological polar surface area (TPSA) is 36.9 Å². The summed E-state index contributed by atoms with van der Waals surface area (Å²) in [4.78, 5) is 27.6. The molecule has 0 aromatic heterocycles. The van der Waals surface area contributed by atoms with E-state index in [9.17, 15) is 0 Å². The number of halogens is 2. The van der Waals surface area contributed by atoms with Crippen molar-refractivity contribution in [1.29, 1.82) is 0 Å². The highest BCUT2D eigenvalue weighted by molar-refractivity contribution is 8.16. The van der Waals surface area contributed by atoms with E-state index in [1.165, 1.54) is 5.57 Å². The Bertz CT molecular complexity index is 1890. The summed E-state index contributed by atoms with van der Waals surface area (Å²) in [6.07, 6.45) is 16.9. The molecular weight excluding hydrogens is 679 g/mol. The Kier molecular flexibility index (Phi) is 10.6. The average Bonchev–Trinajstić information content (AvgIpc) is 3.12. The summed E-state index contributed by atoms with van der Waals surface area (Å²) in [5.74, 6) is -0.253. The summed E-state index contributed by atoms with van der Waals surface area (Å²) in [5, 5.41) is 1.40. The molecule has 2 aliphatic heterocycles. The van der Waals surface area contributed by atoms with Gasteiger partial charge in [0.2, 0.25) is 0 Å². The van der Waals surface area contributed by atoms with E-state index in [-0.39, 0.29) is 11.8 Å². The van der Waals surface area contributed by atoms with Crippen LogP contribution in [0.1, 0.15) is 29.5 Å². The fourth-order valence-electron chi connectivity index (χ4n) is 6.56. The highest BCUT2D eigenvalue weighted by Crippen LogP contribution is 2.54. The first-order valence-electron chi connectivity index (χ1n) is 15.8. The van der Waals surface area contributed by atoms with E-state index < -0.39 is 12.2 Å². The van der Waals surface area contributed by atoms with Crippen LogP contribution in [0.25, 0.3) is 14.7 Å². The predicted octanol–water partition coefficient (Wildman–Crippen LogP) is 11.5. The van der Waals surface area contributed by atoms with Gasteiger partial charge in [0.25, 0.3) is 0 Å². The molecule has 0 bridgehead atoms. The van der Waals surface area contributed by atoms with E-state index >= 15 is 0 Å². The van der Waals surface area contributed by atoms with Gasteiger partial charge in [-0.15, -0.1) is 0 Å². The number of rotatable bonds is 9. The van der Waals surface area contributed by atoms with Gasteiger partial charge >= 0.3 is 0 Å². The van der Waals surface area contributed by atoms with Gasteiger partial charge in [-0.05, 0) is 53.8 Å². The SMILES string of the molecule is COOC1C(=C2C=C(C3=CCCC=C3)SC(c3ccccc3Cl)=C2)C(OOC)C1C1C=C(c2ccccc2)SC(c2ccccc2Cl)=C1. The van der Waals surface area contributed by atoms with Crippen molar-refractivity contribution in [3.63, 3.8) is 0 Å². The van der Waals surface area contributed by atoms with Crippen LogP contribution in [-0.4, -0.2) is 26.4 Å². The minimum absolute atomic E-state index is 0.0881. The van der Waals surface area contributed by atoms with Gasteiger partial charge < -0.3 is 0 Å². The molecule has 0 spiro atoms. The van der Waals surface area contributed by atoms with E-state index in [1.807, 2.05) is 42.5 Å². The molecule has 4 aliphatic rings. The van der Waals surface area contributed by atoms with Crippen LogP contribution in [0.5, 0.6) is 0 Å². The Balaban J connectivity index is 1.36. The zero-order chi connectivity index (χ0) is 33.0. The molecule has 244 valence electrons. The van der Waals surface area contributed by atoms with Gasteiger partial charge in [-0.2, -0.15) is 0 Å². The number of hydrogen-bond donors (Lipinski definition) is 0. The molecule has 0 saturated heterocycles. The van der Waals surface area contributed by atoms with Crippen LogP contribution in [0.2, 0.25) is 10.0 Å². The Morgan fingerprint density at radius 3 is 1.85 bits per heavy atom. The molecule has 0 amide bonds. The van der Waals surface area contributed by atoms with Crippen molar-refractivity contribution in [2.24, 2.45) is 11.8 Å². The Morgan fingerprint density at radius 2 is 1.23 bits per heavy atom. The molecule has 3 atom stereocenters. The quantitative estimate of drug-likeness (QED) is 0.162. The van der Waals surface area contributed by atoms with E-state index in [2.05, 4.69) is 78.9 Å². The molecule has 1 fully saturated rings. The molecule has 48 heavy (non-hydrogen) atoms. The van der Waals surface area contributed by atoms with Crippen molar-refractivity contribution in [3.05, 3.63) is 170 Å². The zero-order valence-electron chi connectivity index (χ0n) is 26.5. The van der Waals surface area contributed by atoms with E-state index in [0.717, 1.165) is 60.3 Å². The number of thioether (sulfide) groups is 2. The zero-order valence-corrected chi connectivity index (χ0v) is 29.6. The highest BCUT2D eigenvalue weighted by atomic mass is 35.5. The second-order valence-electron chi connectivity index (χ2n) is 11.7. The standard InChI is InChI=1S/C40H34Cl2O4S2/c1-43-45-39-37(27-21-33(25-13-5-3-6-14-25)47-35(23-27)29-17-9-11-19-31(29)41)40(46-44-2)38(39)28-22-34(26-15-7-4-8-16-26)48-36(24-28)30-18-10-12-20-32(30)42/h3,5-7,9-24,27,37,39-40H,4,8H2,1-2H3. The molecule has 3 unspecified atom stereocenters. The van der Waals surface area contributed by atoms with Crippen molar-refractivity contribution < 1.29 is 19.6 Å². The smallest absolute Gasteiger partial charge is 0.124 e. The van der Waals surface area contributed by atoms with Gasteiger partial charge in [-0.25, -0.2) is 19.6 Å². The van der Waals surface area contributed by atoms with Crippen LogP contribution in [-0.2, 0) is 19.6 Å². The van der Waals surface area contributed by atoms with Gasteiger partial charge in [0.1, 0.15) is 12.2 Å². The first-order chi connectivity index (χ1) is 23.6. The molecule has 7 rings (SSSR count). The number of hydrogen-bond acceptors (Lipinski definition) is 6. The molecule has 1 saturated carbocycles. The van der Waals surface area contributed by atoms with Crippen LogP contribution < -0.4 is 0 Å². The van der Waals surface area contributed by atoms with Crippen molar-refractivity contribution in [1.82, 2.24) is 0 Å². The summed E-state index contributed by atoms with van der Waals surface area (Å²) in [5.41, 5.74) is 6.23. The van der Waals surface area contributed by atoms with Gasteiger partial charge in [-0.1, -0.05) is 144 Å². The van der Waals surface area contributed by atoms with Crippen molar-refractivity contribution in [3.8, 4) is 0 Å². The van der Waals surface area contributed by atoms with Crippen LogP contribution in [0.15, 0.2) is 143 Å². The Morgan fingerprint density at radius 1 is 0.646 bits per heavy atom. The lowest BCUT2D eigenvalue weighted by Gasteiger charge is -2.48. The maximum absolute atomic E-state index is 6.76. The predicted molar refractivity (Wildman–Crippen MR) is 201 cm³/mol. The second kappa shape index (κ2) is 15.2. The molecule has 3 aromatic rings. The van der Waals surface area contributed by atoms with Crippen molar-refractivity contribution >= 4 is 61.4 Å². The first kappa shape index (κ1) is 33.5. The minimum atomic E-state index is -0.421. The average molecular weight is 714 g/mol. The fourth-order valence-corrected chi connectivity index (χ4v) is 9.54. The maximum atomic E-state index is 6.76. The van der Waals surface area contributed by atoms with Gasteiger partial charge in [0, 0.05) is 58.2 Å². The lowest BCUT2D eigenvalue weighted by Crippen LogP contribution is -2.55. The van der Waals surface area contributed by atoms with Crippen LogP contribution >= 0.6 is 46.7 Å². The molecular formula is C40H34Cl2O4S2. The Hall–Kier alpha value is -3.04. The largest absolute Gasteiger partial charge is 0.239 e. The van der Waals surface area contributed by atoms with E-state index in [0.29, 0.717) is 10.0 Å². The summed E-state index contributed by atoms with van der Waals surface area (Å²) in [7, 11) is 3.11. The van der Waals surface area contributed by atoms with Crippen LogP contribution in [0.4, 0.5) is 0 Å². The molecule has 2 heterocycles. The maximum Gasteiger partial charge on any atom is 0.124 e. The third kappa shape index (κ3) is 6.87. The minimum Gasteiger partial charge on any atom is -0.239 e. The van der Waals surface area contributed by atoms with Gasteiger partial charge in [-0.3, -0.25) is 0 Å². The monoisotopic (exact) mass is 712 g/mol. The van der Waals surface area contributed by atoms with Crippen LogP contribution in [0, 0.1) is 11.8 Å². The molecule has 2 aliphatic carbocycles. The summed E-state index contributed by atoms with van der Waals surface area (Å²) >= 11 is 16.9. The molecule has 3 aromatic carbocycles. The Labute approximate surface area is 300 Å². The molecule has 0 N–H and O–H groups in total. The molecule has 4 nitrogen and oxygen atoms in total. The van der Waals surface area contributed by atoms with E-state index in [1.54, 1.807) is 37.7 Å². The summed E-state index contributed by atoms with van der Waals surface area (Å²) in [6, 6.07) is 26.3. The lowest BCUT2D eigenvalue weighted by atomic mass is 9.65. The van der Waals surface area contributed by atoms with Gasteiger partial charge in [0.05, 0.1) is 14.2 Å². The van der Waals surface area contributed by atoms with Crippen molar-refractivity contribution in [2.45, 2.75) is 25.0 Å². The normalized spacial score (nSPS) is 23.9. The van der Waals surface area contributed by atoms with Crippen LogP contribution in [0.3, 0.4) is 0 Å². The summed E-state index contributed by atoms with van der Waals surface area (Å²) in [6.45, 7) is 0. The fraction of sp³-hybridized carbons (Fsp3) is 0.200. The second-order valence-corrected chi connectivity index (χ2v) is 14.7. The highest BCUT2D eigenvalue weighted by Gasteiger charge is 2.54. The summed E-state index contributed by atoms with van der Waals surface area (Å²) < 4.78 is 0. The van der Waals surface area contributed by atoms with Gasteiger partial charge in [0.15, 0.2) is 0 Å². The van der Waals surface area contributed by atoms with E-state index in [4.69, 9.17) is 42.8 Å². The lowest BCUT2D eigenvalue weighted by molar-refractivity contribution is -0.372. The molecule has 0 radical (unpaired) electrons. The first-order valence-corrected chi connectivity index (χ1v) is 18.2. The molecule has 8 heteroatoms.